The highest BCUT2D eigenvalue weighted by molar-refractivity contribution is 5.78. The molecule has 1 aromatic heterocycles. The van der Waals surface area contributed by atoms with Crippen LogP contribution in [-0.4, -0.2) is 33.5 Å². The van der Waals surface area contributed by atoms with Crippen LogP contribution in [0.2, 0.25) is 0 Å². The Hall–Kier alpha value is -1.94. The molecule has 21 heavy (non-hydrogen) atoms. The number of likely N-dealkylation sites (tertiary alicyclic amines) is 1. The summed E-state index contributed by atoms with van der Waals surface area (Å²) >= 11 is 0. The number of hydrogen-bond acceptors (Lipinski definition) is 3. The molecule has 2 heterocycles. The maximum Gasteiger partial charge on any atom is 0.306 e. The Kier molecular flexibility index (Phi) is 3.88. The summed E-state index contributed by atoms with van der Waals surface area (Å²) in [7, 11) is 0. The van der Waals surface area contributed by atoms with E-state index in [1.807, 2.05) is 18.2 Å². The molecule has 3 rings (SSSR count). The van der Waals surface area contributed by atoms with Crippen LogP contribution in [-0.2, 0) is 11.3 Å². The number of fused-ring (bicyclic) bond motifs is 1. The lowest BCUT2D eigenvalue weighted by Gasteiger charge is -2.35. The minimum absolute atomic E-state index is 0.194. The zero-order valence-electron chi connectivity index (χ0n) is 12.2. The van der Waals surface area contributed by atoms with Gasteiger partial charge in [0, 0.05) is 18.0 Å². The second-order valence-corrected chi connectivity index (χ2v) is 5.87. The van der Waals surface area contributed by atoms with Crippen molar-refractivity contribution in [2.45, 2.75) is 32.4 Å². The molecule has 4 heteroatoms. The molecule has 2 atom stereocenters. The average Bonchev–Trinajstić information content (AvgIpc) is 2.49. The number of aliphatic carboxylic acids is 1. The van der Waals surface area contributed by atoms with E-state index >= 15 is 0 Å². The lowest BCUT2D eigenvalue weighted by atomic mass is 9.91. The van der Waals surface area contributed by atoms with Gasteiger partial charge in [-0.05, 0) is 38.4 Å². The van der Waals surface area contributed by atoms with Crippen molar-refractivity contribution in [2.24, 2.45) is 5.92 Å². The van der Waals surface area contributed by atoms with Crippen molar-refractivity contribution in [3.05, 3.63) is 42.1 Å². The second-order valence-electron chi connectivity index (χ2n) is 5.87. The minimum atomic E-state index is -0.662. The van der Waals surface area contributed by atoms with Crippen molar-refractivity contribution in [1.82, 2.24) is 9.88 Å². The van der Waals surface area contributed by atoms with Gasteiger partial charge >= 0.3 is 5.97 Å². The largest absolute Gasteiger partial charge is 0.481 e. The molecule has 1 aliphatic rings. The number of piperidine rings is 1. The van der Waals surface area contributed by atoms with Crippen LogP contribution in [0.15, 0.2) is 36.4 Å². The third-order valence-electron chi connectivity index (χ3n) is 4.38. The van der Waals surface area contributed by atoms with Crippen LogP contribution in [0, 0.1) is 5.92 Å². The summed E-state index contributed by atoms with van der Waals surface area (Å²) in [5.41, 5.74) is 2.07. The Bertz CT molecular complexity index is 656. The van der Waals surface area contributed by atoms with Crippen LogP contribution in [0.1, 0.15) is 25.5 Å². The fourth-order valence-electron chi connectivity index (χ4n) is 3.08. The van der Waals surface area contributed by atoms with Gasteiger partial charge in [-0.25, -0.2) is 0 Å². The van der Waals surface area contributed by atoms with Gasteiger partial charge in [-0.2, -0.15) is 0 Å². The first-order valence-corrected chi connectivity index (χ1v) is 7.45. The van der Waals surface area contributed by atoms with Gasteiger partial charge in [0.2, 0.25) is 0 Å². The van der Waals surface area contributed by atoms with Gasteiger partial charge in [0.25, 0.3) is 0 Å². The molecule has 0 radical (unpaired) electrons. The van der Waals surface area contributed by atoms with Crippen LogP contribution >= 0.6 is 0 Å². The highest BCUT2D eigenvalue weighted by atomic mass is 16.4. The molecule has 1 N–H and O–H groups in total. The molecular formula is C17H20N2O2. The van der Waals surface area contributed by atoms with Gasteiger partial charge < -0.3 is 5.11 Å². The predicted octanol–water partition coefficient (Wildman–Crippen LogP) is 2.92. The summed E-state index contributed by atoms with van der Waals surface area (Å²) in [6.07, 6.45) is 1.45. The van der Waals surface area contributed by atoms with Crippen LogP contribution < -0.4 is 0 Å². The van der Waals surface area contributed by atoms with E-state index in [-0.39, 0.29) is 12.0 Å². The van der Waals surface area contributed by atoms with Crippen LogP contribution in [0.5, 0.6) is 0 Å². The SMILES string of the molecule is CC1CC(C(=O)O)CCN1Cc1ccc2ccccc2n1. The van der Waals surface area contributed by atoms with E-state index in [1.54, 1.807) is 0 Å². The number of carboxylic acids is 1. The first kappa shape index (κ1) is 14.0. The third kappa shape index (κ3) is 3.05. The fourth-order valence-corrected chi connectivity index (χ4v) is 3.08. The van der Waals surface area contributed by atoms with Gasteiger partial charge in [-0.3, -0.25) is 14.7 Å². The molecule has 0 amide bonds. The van der Waals surface area contributed by atoms with Crippen molar-refractivity contribution in [1.29, 1.82) is 0 Å². The number of benzene rings is 1. The zero-order chi connectivity index (χ0) is 14.8. The smallest absolute Gasteiger partial charge is 0.306 e. The molecule has 1 aliphatic heterocycles. The van der Waals surface area contributed by atoms with Gasteiger partial charge in [-0.15, -0.1) is 0 Å². The van der Waals surface area contributed by atoms with Crippen molar-refractivity contribution in [2.75, 3.05) is 6.54 Å². The number of carboxylic acid groups (broad SMARTS) is 1. The average molecular weight is 284 g/mol. The van der Waals surface area contributed by atoms with Crippen molar-refractivity contribution in [3.63, 3.8) is 0 Å². The van der Waals surface area contributed by atoms with Gasteiger partial charge in [0.15, 0.2) is 0 Å². The molecule has 0 spiro atoms. The minimum Gasteiger partial charge on any atom is -0.481 e. The fraction of sp³-hybridized carbons (Fsp3) is 0.412. The highest BCUT2D eigenvalue weighted by Crippen LogP contribution is 2.24. The van der Waals surface area contributed by atoms with Gasteiger partial charge in [0.05, 0.1) is 17.1 Å². The van der Waals surface area contributed by atoms with E-state index in [0.717, 1.165) is 42.5 Å². The van der Waals surface area contributed by atoms with Gasteiger partial charge in [0.1, 0.15) is 0 Å². The van der Waals surface area contributed by atoms with Crippen molar-refractivity contribution < 1.29 is 9.90 Å². The highest BCUT2D eigenvalue weighted by Gasteiger charge is 2.29. The normalized spacial score (nSPS) is 23.3. The summed E-state index contributed by atoms with van der Waals surface area (Å²) in [5, 5.41) is 10.3. The molecule has 110 valence electrons. The third-order valence-corrected chi connectivity index (χ3v) is 4.38. The lowest BCUT2D eigenvalue weighted by molar-refractivity contribution is -0.144. The Balaban J connectivity index is 1.72. The summed E-state index contributed by atoms with van der Waals surface area (Å²) in [6, 6.07) is 12.6. The quantitative estimate of drug-likeness (QED) is 0.941. The molecule has 4 nitrogen and oxygen atoms in total. The summed E-state index contributed by atoms with van der Waals surface area (Å²) in [6.45, 7) is 3.72. The molecule has 0 bridgehead atoms. The maximum atomic E-state index is 11.1. The molecule has 2 unspecified atom stereocenters. The molecule has 0 saturated carbocycles. The molecule has 1 aromatic carbocycles. The number of carbonyl (C=O) groups is 1. The maximum absolute atomic E-state index is 11.1. The number of aromatic nitrogens is 1. The monoisotopic (exact) mass is 284 g/mol. The lowest BCUT2D eigenvalue weighted by Crippen LogP contribution is -2.42. The molecule has 1 saturated heterocycles. The van der Waals surface area contributed by atoms with Crippen LogP contribution in [0.4, 0.5) is 0 Å². The van der Waals surface area contributed by atoms with E-state index in [9.17, 15) is 4.79 Å². The Morgan fingerprint density at radius 2 is 2.14 bits per heavy atom. The topological polar surface area (TPSA) is 53.4 Å². The first-order valence-electron chi connectivity index (χ1n) is 7.45. The van der Waals surface area contributed by atoms with E-state index in [0.29, 0.717) is 0 Å². The molecule has 1 fully saturated rings. The van der Waals surface area contributed by atoms with Crippen molar-refractivity contribution >= 4 is 16.9 Å². The van der Waals surface area contributed by atoms with Gasteiger partial charge in [-0.1, -0.05) is 24.3 Å². The first-order chi connectivity index (χ1) is 10.1. The van der Waals surface area contributed by atoms with Crippen LogP contribution in [0.25, 0.3) is 10.9 Å². The number of pyridine rings is 1. The second kappa shape index (κ2) is 5.82. The summed E-state index contributed by atoms with van der Waals surface area (Å²) < 4.78 is 0. The molecule has 0 aliphatic carbocycles. The number of hydrogen-bond donors (Lipinski definition) is 1. The van der Waals surface area contributed by atoms with E-state index in [1.165, 1.54) is 0 Å². The standard InChI is InChI=1S/C17H20N2O2/c1-12-10-14(17(20)21)8-9-19(12)11-15-7-6-13-4-2-3-5-16(13)18-15/h2-7,12,14H,8-11H2,1H3,(H,20,21). The number of para-hydroxylation sites is 1. The summed E-state index contributed by atoms with van der Waals surface area (Å²) in [5.74, 6) is -0.855. The molecular weight excluding hydrogens is 264 g/mol. The number of nitrogens with zero attached hydrogens (tertiary/aromatic N) is 2. The Morgan fingerprint density at radius 1 is 1.33 bits per heavy atom. The predicted molar refractivity (Wildman–Crippen MR) is 82.0 cm³/mol. The summed E-state index contributed by atoms with van der Waals surface area (Å²) in [4.78, 5) is 18.1. The van der Waals surface area contributed by atoms with E-state index in [2.05, 4.69) is 30.0 Å². The van der Waals surface area contributed by atoms with E-state index < -0.39 is 5.97 Å². The molecule has 2 aromatic rings. The Labute approximate surface area is 124 Å². The van der Waals surface area contributed by atoms with Crippen LogP contribution in [0.3, 0.4) is 0 Å². The van der Waals surface area contributed by atoms with Crippen molar-refractivity contribution in [3.8, 4) is 0 Å². The zero-order valence-corrected chi connectivity index (χ0v) is 12.2. The number of rotatable bonds is 3. The Morgan fingerprint density at radius 3 is 2.90 bits per heavy atom. The van der Waals surface area contributed by atoms with E-state index in [4.69, 9.17) is 10.1 Å².